The van der Waals surface area contributed by atoms with Crippen LogP contribution in [0.4, 0.5) is 0 Å². The van der Waals surface area contributed by atoms with Crippen molar-refractivity contribution in [3.05, 3.63) is 0 Å². The molecule has 0 heterocycles. The molecule has 1 N–H and O–H groups in total. The van der Waals surface area contributed by atoms with E-state index < -0.39 is 0 Å². The lowest BCUT2D eigenvalue weighted by molar-refractivity contribution is 0.371. The summed E-state index contributed by atoms with van der Waals surface area (Å²) in [6, 6.07) is 1.61. The average molecular weight is 286 g/mol. The standard InChI is InChI=1S/C17H35NS/c1-4-6-8-10-15(11-9-7-5-2)18-16-12-13-17(14-16)19-3/h15-18H,4-14H2,1-3H3. The van der Waals surface area contributed by atoms with E-state index >= 15 is 0 Å². The summed E-state index contributed by atoms with van der Waals surface area (Å²) in [5.74, 6) is 0. The van der Waals surface area contributed by atoms with Gasteiger partial charge in [-0.25, -0.2) is 0 Å². The van der Waals surface area contributed by atoms with E-state index in [0.717, 1.165) is 17.3 Å². The zero-order valence-corrected chi connectivity index (χ0v) is 14.2. The molecule has 2 unspecified atom stereocenters. The molecule has 19 heavy (non-hydrogen) atoms. The van der Waals surface area contributed by atoms with Gasteiger partial charge in [0.05, 0.1) is 0 Å². The smallest absolute Gasteiger partial charge is 0.00805 e. The first-order chi connectivity index (χ1) is 9.30. The van der Waals surface area contributed by atoms with Gasteiger partial charge in [-0.15, -0.1) is 0 Å². The molecule has 0 amide bonds. The van der Waals surface area contributed by atoms with Crippen molar-refractivity contribution in [3.63, 3.8) is 0 Å². The van der Waals surface area contributed by atoms with Crippen molar-refractivity contribution >= 4 is 11.8 Å². The van der Waals surface area contributed by atoms with Gasteiger partial charge in [-0.1, -0.05) is 52.4 Å². The number of hydrogen-bond acceptors (Lipinski definition) is 2. The van der Waals surface area contributed by atoms with Crippen molar-refractivity contribution in [3.8, 4) is 0 Å². The van der Waals surface area contributed by atoms with Gasteiger partial charge in [-0.3, -0.25) is 0 Å². The number of nitrogens with one attached hydrogen (secondary N) is 1. The van der Waals surface area contributed by atoms with Gasteiger partial charge in [0.1, 0.15) is 0 Å². The minimum absolute atomic E-state index is 0.795. The van der Waals surface area contributed by atoms with E-state index in [1.54, 1.807) is 0 Å². The number of unbranched alkanes of at least 4 members (excludes halogenated alkanes) is 4. The van der Waals surface area contributed by atoms with E-state index in [9.17, 15) is 0 Å². The van der Waals surface area contributed by atoms with Gasteiger partial charge in [0.15, 0.2) is 0 Å². The van der Waals surface area contributed by atoms with Gasteiger partial charge in [-0.05, 0) is 38.4 Å². The maximum atomic E-state index is 3.98. The molecule has 1 aliphatic carbocycles. The van der Waals surface area contributed by atoms with E-state index in [2.05, 4.69) is 37.2 Å². The Morgan fingerprint density at radius 2 is 1.63 bits per heavy atom. The molecule has 0 saturated heterocycles. The first kappa shape index (κ1) is 17.4. The molecule has 0 spiro atoms. The molecule has 1 saturated carbocycles. The van der Waals surface area contributed by atoms with Crippen LogP contribution in [0.5, 0.6) is 0 Å². The van der Waals surface area contributed by atoms with Crippen LogP contribution in [0.1, 0.15) is 84.5 Å². The molecule has 114 valence electrons. The van der Waals surface area contributed by atoms with E-state index in [0.29, 0.717) is 0 Å². The van der Waals surface area contributed by atoms with E-state index in [-0.39, 0.29) is 0 Å². The lowest BCUT2D eigenvalue weighted by Gasteiger charge is -2.23. The molecule has 1 fully saturated rings. The van der Waals surface area contributed by atoms with Crippen LogP contribution in [-0.2, 0) is 0 Å². The Bertz CT molecular complexity index is 197. The van der Waals surface area contributed by atoms with E-state index in [1.165, 1.54) is 70.6 Å². The maximum Gasteiger partial charge on any atom is 0.00805 e. The molecule has 0 aromatic rings. The molecule has 0 aromatic heterocycles. The predicted molar refractivity (Wildman–Crippen MR) is 90.1 cm³/mol. The van der Waals surface area contributed by atoms with Crippen molar-refractivity contribution < 1.29 is 0 Å². The summed E-state index contributed by atoms with van der Waals surface area (Å²) in [6.07, 6.45) is 17.6. The monoisotopic (exact) mass is 285 g/mol. The maximum absolute atomic E-state index is 3.98. The minimum Gasteiger partial charge on any atom is -0.311 e. The van der Waals surface area contributed by atoms with Crippen molar-refractivity contribution in [1.82, 2.24) is 5.32 Å². The molecular formula is C17H35NS. The lowest BCUT2D eigenvalue weighted by atomic mass is 10.0. The number of thioether (sulfide) groups is 1. The minimum atomic E-state index is 0.795. The summed E-state index contributed by atoms with van der Waals surface area (Å²) in [6.45, 7) is 4.61. The second-order valence-electron chi connectivity index (χ2n) is 6.22. The van der Waals surface area contributed by atoms with Crippen LogP contribution in [0.25, 0.3) is 0 Å². The average Bonchev–Trinajstić information content (AvgIpc) is 2.87. The van der Waals surface area contributed by atoms with Crippen LogP contribution < -0.4 is 5.32 Å². The van der Waals surface area contributed by atoms with Crippen molar-refractivity contribution in [2.45, 2.75) is 102 Å². The fourth-order valence-electron chi connectivity index (χ4n) is 3.23. The zero-order valence-electron chi connectivity index (χ0n) is 13.4. The molecule has 0 aliphatic heterocycles. The highest BCUT2D eigenvalue weighted by Gasteiger charge is 2.25. The first-order valence-corrected chi connectivity index (χ1v) is 9.87. The molecule has 0 radical (unpaired) electrons. The molecule has 0 aromatic carbocycles. The summed E-state index contributed by atoms with van der Waals surface area (Å²) in [7, 11) is 0. The van der Waals surface area contributed by atoms with Crippen LogP contribution in [0.15, 0.2) is 0 Å². The van der Waals surface area contributed by atoms with Crippen molar-refractivity contribution in [1.29, 1.82) is 0 Å². The Morgan fingerprint density at radius 1 is 1.00 bits per heavy atom. The molecular weight excluding hydrogens is 250 g/mol. The van der Waals surface area contributed by atoms with E-state index in [4.69, 9.17) is 0 Å². The highest BCUT2D eigenvalue weighted by Crippen LogP contribution is 2.29. The molecule has 1 rings (SSSR count). The summed E-state index contributed by atoms with van der Waals surface area (Å²) in [4.78, 5) is 0. The van der Waals surface area contributed by atoms with Crippen LogP contribution in [0.3, 0.4) is 0 Å². The Hall–Kier alpha value is 0.310. The highest BCUT2D eigenvalue weighted by molar-refractivity contribution is 7.99. The highest BCUT2D eigenvalue weighted by atomic mass is 32.2. The summed E-state index contributed by atoms with van der Waals surface area (Å²) in [5.41, 5.74) is 0. The van der Waals surface area contributed by atoms with Crippen LogP contribution in [-0.4, -0.2) is 23.6 Å². The van der Waals surface area contributed by atoms with Gasteiger partial charge in [0, 0.05) is 17.3 Å². The normalized spacial score (nSPS) is 23.4. The number of rotatable bonds is 11. The fourth-order valence-corrected chi connectivity index (χ4v) is 4.03. The molecule has 2 heteroatoms. The Kier molecular flexibility index (Phi) is 10.1. The third kappa shape index (κ3) is 7.60. The van der Waals surface area contributed by atoms with Gasteiger partial charge in [0.25, 0.3) is 0 Å². The summed E-state index contributed by atoms with van der Waals surface area (Å²) < 4.78 is 0. The van der Waals surface area contributed by atoms with Gasteiger partial charge < -0.3 is 5.32 Å². The Labute approximate surface area is 125 Å². The first-order valence-electron chi connectivity index (χ1n) is 8.59. The van der Waals surface area contributed by atoms with Crippen LogP contribution >= 0.6 is 11.8 Å². The second kappa shape index (κ2) is 11.0. The van der Waals surface area contributed by atoms with Crippen LogP contribution in [0, 0.1) is 0 Å². The predicted octanol–water partition coefficient (Wildman–Crippen LogP) is 5.39. The largest absolute Gasteiger partial charge is 0.311 e. The topological polar surface area (TPSA) is 12.0 Å². The van der Waals surface area contributed by atoms with Gasteiger partial charge in [-0.2, -0.15) is 11.8 Å². The third-order valence-electron chi connectivity index (χ3n) is 4.50. The Balaban J connectivity index is 2.26. The SMILES string of the molecule is CCCCCC(CCCCC)NC1CCC(SC)C1. The van der Waals surface area contributed by atoms with Gasteiger partial charge in [0.2, 0.25) is 0 Å². The summed E-state index contributed by atoms with van der Waals surface area (Å²) in [5, 5.41) is 4.91. The fraction of sp³-hybridized carbons (Fsp3) is 1.00. The molecule has 0 bridgehead atoms. The molecule has 1 aliphatic rings. The number of hydrogen-bond donors (Lipinski definition) is 1. The van der Waals surface area contributed by atoms with Crippen molar-refractivity contribution in [2.24, 2.45) is 0 Å². The quantitative estimate of drug-likeness (QED) is 0.511. The van der Waals surface area contributed by atoms with Gasteiger partial charge >= 0.3 is 0 Å². The summed E-state index contributed by atoms with van der Waals surface area (Å²) >= 11 is 2.07. The van der Waals surface area contributed by atoms with Crippen LogP contribution in [0.2, 0.25) is 0 Å². The molecule has 2 atom stereocenters. The Morgan fingerprint density at radius 3 is 2.11 bits per heavy atom. The molecule has 1 nitrogen and oxygen atoms in total. The third-order valence-corrected chi connectivity index (χ3v) is 5.60. The lowest BCUT2D eigenvalue weighted by Crippen LogP contribution is -2.37. The second-order valence-corrected chi connectivity index (χ2v) is 7.36. The van der Waals surface area contributed by atoms with E-state index in [1.807, 2.05) is 0 Å². The zero-order chi connectivity index (χ0) is 13.9. The van der Waals surface area contributed by atoms with Crippen molar-refractivity contribution in [2.75, 3.05) is 6.26 Å².